The van der Waals surface area contributed by atoms with Crippen LogP contribution in [0.3, 0.4) is 0 Å². The van der Waals surface area contributed by atoms with Crippen LogP contribution in [0, 0.1) is 26.7 Å². The number of benzene rings is 1. The Labute approximate surface area is 194 Å². The summed E-state index contributed by atoms with van der Waals surface area (Å²) in [5.41, 5.74) is 2.49. The minimum atomic E-state index is -3.65. The molecule has 1 aromatic carbocycles. The molecule has 0 bridgehead atoms. The standard InChI is InChI=1S/C23H31N3O4S2/c1-15(2)20(24-22(27)19-7-6-12-31-19)23(28)25-8-10-26(11-9-25)32(29,30)21-17(4)13-16(3)14-18(21)5/h6-7,12-15,20H,8-11H2,1-5H3,(H,24,27). The SMILES string of the molecule is Cc1cc(C)c(S(=O)(=O)N2CCN(C(=O)C(NC(=O)c3cccs3)C(C)C)CC2)c(C)c1. The minimum absolute atomic E-state index is 0.0916. The fourth-order valence-corrected chi connectivity index (χ4v) is 6.64. The molecule has 0 aliphatic carbocycles. The van der Waals surface area contributed by atoms with Gasteiger partial charge in [0.15, 0.2) is 0 Å². The molecule has 1 aliphatic rings. The number of thiophene rings is 1. The number of amides is 2. The van der Waals surface area contributed by atoms with Crippen LogP contribution in [0.15, 0.2) is 34.5 Å². The second-order valence-electron chi connectivity index (χ2n) is 8.63. The predicted octanol–water partition coefficient (Wildman–Crippen LogP) is 2.96. The van der Waals surface area contributed by atoms with E-state index in [1.54, 1.807) is 17.0 Å². The number of sulfonamides is 1. The van der Waals surface area contributed by atoms with Crippen molar-refractivity contribution in [3.63, 3.8) is 0 Å². The summed E-state index contributed by atoms with van der Waals surface area (Å²) in [6.07, 6.45) is 0. The topological polar surface area (TPSA) is 86.8 Å². The van der Waals surface area contributed by atoms with E-state index in [0.717, 1.165) is 16.7 Å². The highest BCUT2D eigenvalue weighted by atomic mass is 32.2. The number of piperazine rings is 1. The molecule has 0 radical (unpaired) electrons. The van der Waals surface area contributed by atoms with Gasteiger partial charge in [0.2, 0.25) is 15.9 Å². The molecule has 1 saturated heterocycles. The van der Waals surface area contributed by atoms with E-state index >= 15 is 0 Å². The van der Waals surface area contributed by atoms with Gasteiger partial charge in [0, 0.05) is 26.2 Å². The van der Waals surface area contributed by atoms with Crippen LogP contribution >= 0.6 is 11.3 Å². The molecule has 3 rings (SSSR count). The van der Waals surface area contributed by atoms with E-state index in [-0.39, 0.29) is 30.8 Å². The zero-order valence-corrected chi connectivity index (χ0v) is 20.8. The number of hydrogen-bond donors (Lipinski definition) is 1. The van der Waals surface area contributed by atoms with Crippen LogP contribution in [0.2, 0.25) is 0 Å². The van der Waals surface area contributed by atoms with E-state index in [0.29, 0.717) is 22.9 Å². The summed E-state index contributed by atoms with van der Waals surface area (Å²) in [6.45, 7) is 10.4. The van der Waals surface area contributed by atoms with Gasteiger partial charge in [0.05, 0.1) is 9.77 Å². The highest BCUT2D eigenvalue weighted by molar-refractivity contribution is 7.89. The number of nitrogens with zero attached hydrogens (tertiary/aromatic N) is 2. The summed E-state index contributed by atoms with van der Waals surface area (Å²) in [5.74, 6) is -0.533. The lowest BCUT2D eigenvalue weighted by molar-refractivity contribution is -0.135. The summed E-state index contributed by atoms with van der Waals surface area (Å²) in [6, 6.07) is 6.62. The smallest absolute Gasteiger partial charge is 0.262 e. The molecule has 1 aliphatic heterocycles. The Morgan fingerprint density at radius 2 is 1.62 bits per heavy atom. The van der Waals surface area contributed by atoms with Crippen molar-refractivity contribution in [2.45, 2.75) is 45.6 Å². The zero-order chi connectivity index (χ0) is 23.6. The number of rotatable bonds is 6. The molecule has 0 spiro atoms. The maximum Gasteiger partial charge on any atom is 0.262 e. The average Bonchev–Trinajstić information content (AvgIpc) is 3.25. The Morgan fingerprint density at radius 3 is 2.12 bits per heavy atom. The molecule has 1 fully saturated rings. The molecular weight excluding hydrogens is 446 g/mol. The Balaban J connectivity index is 1.70. The monoisotopic (exact) mass is 477 g/mol. The number of hydrogen-bond acceptors (Lipinski definition) is 5. The van der Waals surface area contributed by atoms with Crippen LogP contribution in [0.25, 0.3) is 0 Å². The molecule has 1 aromatic heterocycles. The Hall–Kier alpha value is -2.23. The molecule has 2 amide bonds. The van der Waals surface area contributed by atoms with E-state index < -0.39 is 16.1 Å². The predicted molar refractivity (Wildman–Crippen MR) is 126 cm³/mol. The second-order valence-corrected chi connectivity index (χ2v) is 11.5. The summed E-state index contributed by atoms with van der Waals surface area (Å²) in [7, 11) is -3.65. The molecule has 0 saturated carbocycles. The molecular formula is C23H31N3O4S2. The van der Waals surface area contributed by atoms with Gasteiger partial charge >= 0.3 is 0 Å². The fraction of sp³-hybridized carbons (Fsp3) is 0.478. The van der Waals surface area contributed by atoms with Crippen molar-refractivity contribution < 1.29 is 18.0 Å². The van der Waals surface area contributed by atoms with Crippen LogP contribution in [-0.4, -0.2) is 61.7 Å². The molecule has 1 N–H and O–H groups in total. The number of aryl methyl sites for hydroxylation is 3. The van der Waals surface area contributed by atoms with Crippen molar-refractivity contribution in [2.75, 3.05) is 26.2 Å². The normalized spacial score (nSPS) is 16.2. The molecule has 1 unspecified atom stereocenters. The summed E-state index contributed by atoms with van der Waals surface area (Å²) >= 11 is 1.33. The first-order valence-corrected chi connectivity index (χ1v) is 13.1. The third kappa shape index (κ3) is 5.05. The second kappa shape index (κ2) is 9.72. The van der Waals surface area contributed by atoms with Crippen molar-refractivity contribution in [1.82, 2.24) is 14.5 Å². The van der Waals surface area contributed by atoms with E-state index in [1.165, 1.54) is 15.6 Å². The molecule has 1 atom stereocenters. The van der Waals surface area contributed by atoms with Crippen molar-refractivity contribution in [3.05, 3.63) is 51.2 Å². The molecule has 174 valence electrons. The van der Waals surface area contributed by atoms with Crippen molar-refractivity contribution >= 4 is 33.2 Å². The van der Waals surface area contributed by atoms with Gasteiger partial charge in [-0.2, -0.15) is 4.31 Å². The van der Waals surface area contributed by atoms with Gasteiger partial charge < -0.3 is 10.2 Å². The summed E-state index contributed by atoms with van der Waals surface area (Å²) < 4.78 is 28.1. The van der Waals surface area contributed by atoms with Gasteiger partial charge in [0.1, 0.15) is 6.04 Å². The fourth-order valence-electron chi connectivity index (χ4n) is 4.18. The lowest BCUT2D eigenvalue weighted by Crippen LogP contribution is -2.57. The quantitative estimate of drug-likeness (QED) is 0.693. The molecule has 7 nitrogen and oxygen atoms in total. The number of carbonyl (C=O) groups is 2. The highest BCUT2D eigenvalue weighted by Gasteiger charge is 2.35. The van der Waals surface area contributed by atoms with Crippen LogP contribution in [0.5, 0.6) is 0 Å². The van der Waals surface area contributed by atoms with Gasteiger partial charge in [0.25, 0.3) is 5.91 Å². The van der Waals surface area contributed by atoms with Gasteiger partial charge in [-0.05, 0) is 49.3 Å². The van der Waals surface area contributed by atoms with Crippen LogP contribution in [0.1, 0.15) is 40.2 Å². The van der Waals surface area contributed by atoms with Gasteiger partial charge in [-0.1, -0.05) is 37.6 Å². The van der Waals surface area contributed by atoms with Crippen molar-refractivity contribution in [1.29, 1.82) is 0 Å². The third-order valence-electron chi connectivity index (χ3n) is 5.72. The van der Waals surface area contributed by atoms with E-state index in [1.807, 2.05) is 52.1 Å². The molecule has 2 heterocycles. The third-order valence-corrected chi connectivity index (χ3v) is 8.79. The van der Waals surface area contributed by atoms with E-state index in [9.17, 15) is 18.0 Å². The van der Waals surface area contributed by atoms with E-state index in [2.05, 4.69) is 5.32 Å². The lowest BCUT2D eigenvalue weighted by Gasteiger charge is -2.37. The minimum Gasteiger partial charge on any atom is -0.339 e. The first kappa shape index (κ1) is 24.4. The summed E-state index contributed by atoms with van der Waals surface area (Å²) in [5, 5.41) is 4.67. The Morgan fingerprint density at radius 1 is 1.03 bits per heavy atom. The zero-order valence-electron chi connectivity index (χ0n) is 19.2. The molecule has 2 aromatic rings. The van der Waals surface area contributed by atoms with Crippen molar-refractivity contribution in [3.8, 4) is 0 Å². The molecule has 32 heavy (non-hydrogen) atoms. The molecule has 9 heteroatoms. The van der Waals surface area contributed by atoms with Crippen LogP contribution in [-0.2, 0) is 14.8 Å². The van der Waals surface area contributed by atoms with Gasteiger partial charge in [-0.15, -0.1) is 11.3 Å². The van der Waals surface area contributed by atoms with Crippen molar-refractivity contribution in [2.24, 2.45) is 5.92 Å². The Kier molecular flexibility index (Phi) is 7.42. The first-order valence-electron chi connectivity index (χ1n) is 10.7. The largest absolute Gasteiger partial charge is 0.339 e. The average molecular weight is 478 g/mol. The maximum absolute atomic E-state index is 13.3. The number of carbonyl (C=O) groups excluding carboxylic acids is 2. The van der Waals surface area contributed by atoms with Gasteiger partial charge in [-0.3, -0.25) is 9.59 Å². The Bertz CT molecular complexity index is 1060. The number of nitrogens with one attached hydrogen (secondary N) is 1. The van der Waals surface area contributed by atoms with Crippen LogP contribution < -0.4 is 5.32 Å². The van der Waals surface area contributed by atoms with Crippen LogP contribution in [0.4, 0.5) is 0 Å². The summed E-state index contributed by atoms with van der Waals surface area (Å²) in [4.78, 5) is 28.2. The lowest BCUT2D eigenvalue weighted by atomic mass is 10.0. The maximum atomic E-state index is 13.3. The van der Waals surface area contributed by atoms with E-state index in [4.69, 9.17) is 0 Å². The highest BCUT2D eigenvalue weighted by Crippen LogP contribution is 2.26. The van der Waals surface area contributed by atoms with Gasteiger partial charge in [-0.25, -0.2) is 8.42 Å². The first-order chi connectivity index (χ1) is 15.0.